The van der Waals surface area contributed by atoms with Gasteiger partial charge >= 0.3 is 0 Å². The Kier molecular flexibility index (Phi) is 4.02. The summed E-state index contributed by atoms with van der Waals surface area (Å²) in [4.78, 5) is 11.5. The van der Waals surface area contributed by atoms with Crippen LogP contribution in [0.15, 0.2) is 35.2 Å². The van der Waals surface area contributed by atoms with Crippen LogP contribution in [-0.2, 0) is 14.9 Å². The van der Waals surface area contributed by atoms with E-state index in [0.29, 0.717) is 11.7 Å². The highest BCUT2D eigenvalue weighted by molar-refractivity contribution is 7.85. The number of Topliss-reactive ketones (excluding diaryl/α,β-unsaturated/α-hetero) is 1. The molecule has 21 heavy (non-hydrogen) atoms. The van der Waals surface area contributed by atoms with Gasteiger partial charge in [0.05, 0.1) is 4.90 Å². The first-order chi connectivity index (χ1) is 9.59. The number of carbonyl (C=O) groups is 1. The van der Waals surface area contributed by atoms with Gasteiger partial charge in [0.15, 0.2) is 0 Å². The van der Waals surface area contributed by atoms with Crippen molar-refractivity contribution in [3.63, 3.8) is 0 Å². The largest absolute Gasteiger partial charge is 0.299 e. The molecule has 2 bridgehead atoms. The molecule has 0 aromatic heterocycles. The maximum absolute atomic E-state index is 11.6. The summed E-state index contributed by atoms with van der Waals surface area (Å²) in [6.45, 7) is 6.67. The van der Waals surface area contributed by atoms with Crippen LogP contribution in [0.5, 0.6) is 0 Å². The smallest absolute Gasteiger partial charge is 0.294 e. The number of carbonyl (C=O) groups excluding carboxylic acids is 1. The fourth-order valence-corrected chi connectivity index (χ4v) is 4.00. The van der Waals surface area contributed by atoms with Gasteiger partial charge in [0.1, 0.15) is 5.78 Å². The molecule has 0 heterocycles. The van der Waals surface area contributed by atoms with Crippen molar-refractivity contribution in [2.24, 2.45) is 16.7 Å². The third kappa shape index (κ3) is 2.77. The van der Waals surface area contributed by atoms with Crippen LogP contribution < -0.4 is 0 Å². The summed E-state index contributed by atoms with van der Waals surface area (Å²) in [6.07, 6.45) is 3.25. The Balaban J connectivity index is 0.000000155. The molecule has 0 saturated heterocycles. The molecule has 2 atom stereocenters. The Morgan fingerprint density at radius 2 is 1.71 bits per heavy atom. The predicted octanol–water partition coefficient (Wildman–Crippen LogP) is 3.34. The van der Waals surface area contributed by atoms with E-state index in [9.17, 15) is 13.2 Å². The molecule has 2 unspecified atom stereocenters. The lowest BCUT2D eigenvalue weighted by Gasteiger charge is -2.32. The summed E-state index contributed by atoms with van der Waals surface area (Å²) >= 11 is 0. The molecule has 0 aliphatic heterocycles. The average molecular weight is 310 g/mol. The number of rotatable bonds is 1. The molecule has 4 nitrogen and oxygen atoms in total. The summed E-state index contributed by atoms with van der Waals surface area (Å²) in [5.41, 5.74) is 0.307. The van der Waals surface area contributed by atoms with E-state index >= 15 is 0 Å². The SMILES string of the molecule is CC12CCC(CC1=O)C2(C)C.O=S(=O)(O)c1ccccc1. The van der Waals surface area contributed by atoms with E-state index in [4.69, 9.17) is 4.55 Å². The zero-order valence-corrected chi connectivity index (χ0v) is 13.5. The summed E-state index contributed by atoms with van der Waals surface area (Å²) < 4.78 is 29.2. The zero-order valence-electron chi connectivity index (χ0n) is 12.7. The molecule has 2 saturated carbocycles. The van der Waals surface area contributed by atoms with Crippen molar-refractivity contribution < 1.29 is 17.8 Å². The second kappa shape index (κ2) is 5.21. The first-order valence-corrected chi connectivity index (χ1v) is 8.59. The zero-order chi connectivity index (χ0) is 15.9. The van der Waals surface area contributed by atoms with Crippen LogP contribution in [0.25, 0.3) is 0 Å². The first-order valence-electron chi connectivity index (χ1n) is 7.15. The van der Waals surface area contributed by atoms with Crippen LogP contribution in [-0.4, -0.2) is 18.8 Å². The van der Waals surface area contributed by atoms with Crippen molar-refractivity contribution in [3.05, 3.63) is 30.3 Å². The van der Waals surface area contributed by atoms with E-state index in [2.05, 4.69) is 20.8 Å². The second-order valence-electron chi connectivity index (χ2n) is 6.70. The lowest BCUT2D eigenvalue weighted by Crippen LogP contribution is -2.32. The third-order valence-electron chi connectivity index (χ3n) is 5.52. The minimum absolute atomic E-state index is 0.0255. The van der Waals surface area contributed by atoms with Gasteiger partial charge in [-0.3, -0.25) is 9.35 Å². The van der Waals surface area contributed by atoms with E-state index in [0.717, 1.165) is 12.8 Å². The average Bonchev–Trinajstić information content (AvgIpc) is 2.73. The summed E-state index contributed by atoms with van der Waals surface area (Å²) in [7, 11) is -4.00. The highest BCUT2D eigenvalue weighted by atomic mass is 32.2. The standard InChI is InChI=1S/C10H16O.C6H6O3S/c1-9(2)7-4-5-10(9,3)8(11)6-7;7-10(8,9)6-4-2-1-3-5-6/h7H,4-6H2,1-3H3;1-5H,(H,7,8,9). The van der Waals surface area contributed by atoms with Gasteiger partial charge in [-0.15, -0.1) is 0 Å². The molecule has 2 aliphatic rings. The van der Waals surface area contributed by atoms with E-state index in [1.165, 1.54) is 18.6 Å². The predicted molar refractivity (Wildman–Crippen MR) is 80.5 cm³/mol. The molecular formula is C16H22O4S. The van der Waals surface area contributed by atoms with Crippen LogP contribution in [0.2, 0.25) is 0 Å². The van der Waals surface area contributed by atoms with Crippen molar-refractivity contribution in [1.29, 1.82) is 0 Å². The van der Waals surface area contributed by atoms with Crippen LogP contribution in [0.4, 0.5) is 0 Å². The van der Waals surface area contributed by atoms with Crippen LogP contribution in [0, 0.1) is 16.7 Å². The van der Waals surface area contributed by atoms with Crippen molar-refractivity contribution >= 4 is 15.9 Å². The quantitative estimate of drug-likeness (QED) is 0.808. The molecule has 3 rings (SSSR count). The molecule has 2 fully saturated rings. The Bertz CT molecular complexity index is 634. The minimum Gasteiger partial charge on any atom is -0.299 e. The fraction of sp³-hybridized carbons (Fsp3) is 0.562. The van der Waals surface area contributed by atoms with E-state index < -0.39 is 10.1 Å². The van der Waals surface area contributed by atoms with Crippen molar-refractivity contribution in [1.82, 2.24) is 0 Å². The first kappa shape index (κ1) is 16.2. The van der Waals surface area contributed by atoms with Crippen LogP contribution in [0.3, 0.4) is 0 Å². The van der Waals surface area contributed by atoms with Gasteiger partial charge in [-0.05, 0) is 36.3 Å². The number of hydrogen-bond acceptors (Lipinski definition) is 3. The third-order valence-corrected chi connectivity index (χ3v) is 6.39. The van der Waals surface area contributed by atoms with Crippen molar-refractivity contribution in [3.8, 4) is 0 Å². The fourth-order valence-electron chi connectivity index (χ4n) is 3.49. The Labute approximate surface area is 126 Å². The van der Waals surface area contributed by atoms with E-state index in [1.807, 2.05) is 0 Å². The lowest BCUT2D eigenvalue weighted by atomic mass is 9.70. The summed E-state index contributed by atoms with van der Waals surface area (Å²) in [5, 5.41) is 0. The molecule has 5 heteroatoms. The van der Waals surface area contributed by atoms with Gasteiger partial charge in [0.25, 0.3) is 10.1 Å². The molecular weight excluding hydrogens is 288 g/mol. The molecule has 1 aromatic carbocycles. The second-order valence-corrected chi connectivity index (χ2v) is 8.13. The maximum Gasteiger partial charge on any atom is 0.294 e. The van der Waals surface area contributed by atoms with Crippen molar-refractivity contribution in [2.45, 2.75) is 44.9 Å². The normalized spacial score (nSPS) is 29.9. The number of fused-ring (bicyclic) bond motifs is 2. The number of benzene rings is 1. The Morgan fingerprint density at radius 1 is 1.14 bits per heavy atom. The Morgan fingerprint density at radius 3 is 1.95 bits per heavy atom. The highest BCUT2D eigenvalue weighted by Crippen LogP contribution is 2.63. The number of hydrogen-bond donors (Lipinski definition) is 1. The molecule has 116 valence electrons. The van der Waals surface area contributed by atoms with Gasteiger partial charge < -0.3 is 0 Å². The van der Waals surface area contributed by atoms with E-state index in [1.54, 1.807) is 18.2 Å². The molecule has 1 aromatic rings. The van der Waals surface area contributed by atoms with Crippen LogP contribution >= 0.6 is 0 Å². The summed E-state index contributed by atoms with van der Waals surface area (Å²) in [5.74, 6) is 1.19. The van der Waals surface area contributed by atoms with Gasteiger partial charge in [-0.1, -0.05) is 39.0 Å². The van der Waals surface area contributed by atoms with E-state index in [-0.39, 0.29) is 15.7 Å². The highest BCUT2D eigenvalue weighted by Gasteiger charge is 2.61. The van der Waals surface area contributed by atoms with Gasteiger partial charge in [0.2, 0.25) is 0 Å². The van der Waals surface area contributed by atoms with Crippen molar-refractivity contribution in [2.75, 3.05) is 0 Å². The minimum atomic E-state index is -4.00. The molecule has 1 N–H and O–H groups in total. The topological polar surface area (TPSA) is 71.4 Å². The van der Waals surface area contributed by atoms with Gasteiger partial charge in [-0.25, -0.2) is 0 Å². The lowest BCUT2D eigenvalue weighted by molar-refractivity contribution is -0.128. The molecule has 0 radical (unpaired) electrons. The number of ketones is 1. The van der Waals surface area contributed by atoms with Gasteiger partial charge in [0, 0.05) is 11.8 Å². The monoisotopic (exact) mass is 310 g/mol. The van der Waals surface area contributed by atoms with Crippen LogP contribution in [0.1, 0.15) is 40.0 Å². The van der Waals surface area contributed by atoms with Gasteiger partial charge in [-0.2, -0.15) is 8.42 Å². The molecule has 0 spiro atoms. The maximum atomic E-state index is 11.6. The molecule has 2 aliphatic carbocycles. The molecule has 0 amide bonds. The Hall–Kier alpha value is -1.20. The summed E-state index contributed by atoms with van der Waals surface area (Å²) in [6, 6.07) is 7.42.